The summed E-state index contributed by atoms with van der Waals surface area (Å²) in [4.78, 5) is 12.7. The van der Waals surface area contributed by atoms with Gasteiger partial charge >= 0.3 is 0 Å². The Kier molecular flexibility index (Phi) is 5.50. The van der Waals surface area contributed by atoms with Gasteiger partial charge in [0.2, 0.25) is 0 Å². The molecule has 0 atom stereocenters. The SMILES string of the molecule is COc1ccc(S(=O)(=O)CC2COC2)cc1C(=O)Nc1ccccc1Cl. The number of carbonyl (C=O) groups excluding carboxylic acids is 1. The van der Waals surface area contributed by atoms with Gasteiger partial charge in [0.25, 0.3) is 5.91 Å². The Morgan fingerprint density at radius 3 is 2.62 bits per heavy atom. The lowest BCUT2D eigenvalue weighted by Crippen LogP contribution is -2.33. The molecule has 1 fully saturated rings. The zero-order chi connectivity index (χ0) is 18.7. The van der Waals surface area contributed by atoms with Gasteiger partial charge in [-0.3, -0.25) is 4.79 Å². The maximum absolute atomic E-state index is 12.7. The Morgan fingerprint density at radius 1 is 1.27 bits per heavy atom. The Balaban J connectivity index is 1.90. The quantitative estimate of drug-likeness (QED) is 0.813. The van der Waals surface area contributed by atoms with Crippen LogP contribution < -0.4 is 10.1 Å². The summed E-state index contributed by atoms with van der Waals surface area (Å²) in [6.45, 7) is 0.879. The number of sulfone groups is 1. The van der Waals surface area contributed by atoms with E-state index in [1.165, 1.54) is 25.3 Å². The summed E-state index contributed by atoms with van der Waals surface area (Å²) in [6.07, 6.45) is 0. The van der Waals surface area contributed by atoms with E-state index in [1.54, 1.807) is 24.3 Å². The number of ether oxygens (including phenoxy) is 2. The second kappa shape index (κ2) is 7.65. The summed E-state index contributed by atoms with van der Waals surface area (Å²) in [6, 6.07) is 11.0. The molecule has 26 heavy (non-hydrogen) atoms. The molecule has 2 aromatic carbocycles. The lowest BCUT2D eigenvalue weighted by molar-refractivity contribution is -0.0204. The van der Waals surface area contributed by atoms with Crippen LogP contribution in [0.3, 0.4) is 0 Å². The molecule has 0 bridgehead atoms. The second-order valence-corrected chi connectivity index (χ2v) is 8.42. The van der Waals surface area contributed by atoms with E-state index < -0.39 is 15.7 Å². The molecule has 1 heterocycles. The number of anilines is 1. The summed E-state index contributed by atoms with van der Waals surface area (Å²) >= 11 is 6.06. The molecule has 6 nitrogen and oxygen atoms in total. The van der Waals surface area contributed by atoms with Gasteiger partial charge in [0.1, 0.15) is 5.75 Å². The van der Waals surface area contributed by atoms with Crippen molar-refractivity contribution in [2.45, 2.75) is 4.90 Å². The molecule has 8 heteroatoms. The van der Waals surface area contributed by atoms with Crippen molar-refractivity contribution in [3.63, 3.8) is 0 Å². The van der Waals surface area contributed by atoms with Crippen LogP contribution in [0, 0.1) is 5.92 Å². The molecule has 0 aromatic heterocycles. The van der Waals surface area contributed by atoms with Crippen molar-refractivity contribution in [2.75, 3.05) is 31.4 Å². The number of halogens is 1. The Bertz CT molecular complexity index is 925. The number of nitrogens with one attached hydrogen (secondary N) is 1. The van der Waals surface area contributed by atoms with Crippen LogP contribution in [-0.2, 0) is 14.6 Å². The average molecular weight is 396 g/mol. The van der Waals surface area contributed by atoms with Crippen LogP contribution in [-0.4, -0.2) is 40.4 Å². The maximum Gasteiger partial charge on any atom is 0.259 e. The van der Waals surface area contributed by atoms with E-state index in [2.05, 4.69) is 5.32 Å². The minimum absolute atomic E-state index is 0.00903. The highest BCUT2D eigenvalue weighted by molar-refractivity contribution is 7.91. The van der Waals surface area contributed by atoms with Gasteiger partial charge in [0, 0.05) is 5.92 Å². The van der Waals surface area contributed by atoms with Gasteiger partial charge in [0.05, 0.1) is 47.2 Å². The molecular weight excluding hydrogens is 378 g/mol. The van der Waals surface area contributed by atoms with Crippen LogP contribution in [0.4, 0.5) is 5.69 Å². The van der Waals surface area contributed by atoms with Crippen molar-refractivity contribution < 1.29 is 22.7 Å². The third-order valence-electron chi connectivity index (χ3n) is 4.06. The molecule has 0 aliphatic carbocycles. The van der Waals surface area contributed by atoms with Gasteiger partial charge in [-0.1, -0.05) is 23.7 Å². The van der Waals surface area contributed by atoms with Crippen molar-refractivity contribution >= 4 is 33.0 Å². The molecule has 1 aliphatic heterocycles. The van der Waals surface area contributed by atoms with Crippen LogP contribution in [0.25, 0.3) is 0 Å². The average Bonchev–Trinajstić information content (AvgIpc) is 2.59. The van der Waals surface area contributed by atoms with Crippen LogP contribution in [0.2, 0.25) is 5.02 Å². The number of amides is 1. The predicted octanol–water partition coefficient (Wildman–Crippen LogP) is 3.02. The standard InChI is InChI=1S/C18H18ClNO5S/c1-24-17-7-6-13(26(22,23)11-12-9-25-10-12)8-14(17)18(21)20-16-5-3-2-4-15(16)19/h2-8,12H,9-11H2,1H3,(H,20,21). The molecule has 1 amide bonds. The van der Waals surface area contributed by atoms with E-state index in [4.69, 9.17) is 21.1 Å². The number of carbonyl (C=O) groups is 1. The smallest absolute Gasteiger partial charge is 0.259 e. The Hall–Kier alpha value is -2.09. The predicted molar refractivity (Wildman–Crippen MR) is 98.8 cm³/mol. The van der Waals surface area contributed by atoms with Crippen LogP contribution >= 0.6 is 11.6 Å². The van der Waals surface area contributed by atoms with E-state index in [-0.39, 0.29) is 27.9 Å². The summed E-state index contributed by atoms with van der Waals surface area (Å²) in [7, 11) is -2.11. The summed E-state index contributed by atoms with van der Waals surface area (Å²) in [5.74, 6) is -0.243. The molecular formula is C18H18ClNO5S. The molecule has 138 valence electrons. The summed E-state index contributed by atoms with van der Waals surface area (Å²) in [5, 5.41) is 3.06. The van der Waals surface area contributed by atoms with E-state index in [1.807, 2.05) is 0 Å². The largest absolute Gasteiger partial charge is 0.496 e. The van der Waals surface area contributed by atoms with Crippen molar-refractivity contribution in [1.82, 2.24) is 0 Å². The van der Waals surface area contributed by atoms with E-state index in [9.17, 15) is 13.2 Å². The topological polar surface area (TPSA) is 81.7 Å². The molecule has 0 saturated carbocycles. The summed E-state index contributed by atoms with van der Waals surface area (Å²) < 4.78 is 35.4. The fourth-order valence-corrected chi connectivity index (χ4v) is 4.36. The number of benzene rings is 2. The summed E-state index contributed by atoms with van der Waals surface area (Å²) in [5.41, 5.74) is 0.555. The van der Waals surface area contributed by atoms with Gasteiger partial charge in [-0.25, -0.2) is 8.42 Å². The van der Waals surface area contributed by atoms with E-state index >= 15 is 0 Å². The molecule has 0 unspecified atom stereocenters. The van der Waals surface area contributed by atoms with Crippen molar-refractivity contribution in [2.24, 2.45) is 5.92 Å². The lowest BCUT2D eigenvalue weighted by atomic mass is 10.1. The first-order chi connectivity index (χ1) is 12.4. The maximum atomic E-state index is 12.7. The number of rotatable bonds is 6. The van der Waals surface area contributed by atoms with Crippen molar-refractivity contribution in [1.29, 1.82) is 0 Å². The van der Waals surface area contributed by atoms with Gasteiger partial charge in [-0.2, -0.15) is 0 Å². The van der Waals surface area contributed by atoms with Gasteiger partial charge < -0.3 is 14.8 Å². The highest BCUT2D eigenvalue weighted by Gasteiger charge is 2.28. The fourth-order valence-electron chi connectivity index (χ4n) is 2.60. The third kappa shape index (κ3) is 4.00. The zero-order valence-corrected chi connectivity index (χ0v) is 15.6. The first kappa shape index (κ1) is 18.7. The van der Waals surface area contributed by atoms with Crippen molar-refractivity contribution in [3.05, 3.63) is 53.1 Å². The molecule has 1 aliphatic rings. The number of hydrogen-bond acceptors (Lipinski definition) is 5. The minimum atomic E-state index is -3.52. The number of hydrogen-bond donors (Lipinski definition) is 1. The van der Waals surface area contributed by atoms with Crippen LogP contribution in [0.15, 0.2) is 47.4 Å². The molecule has 0 spiro atoms. The number of methoxy groups -OCH3 is 1. The highest BCUT2D eigenvalue weighted by atomic mass is 35.5. The highest BCUT2D eigenvalue weighted by Crippen LogP contribution is 2.27. The first-order valence-electron chi connectivity index (χ1n) is 7.95. The lowest BCUT2D eigenvalue weighted by Gasteiger charge is -2.25. The fraction of sp³-hybridized carbons (Fsp3) is 0.278. The monoisotopic (exact) mass is 395 g/mol. The molecule has 1 saturated heterocycles. The van der Waals surface area contributed by atoms with Gasteiger partial charge in [-0.15, -0.1) is 0 Å². The van der Waals surface area contributed by atoms with E-state index in [0.717, 1.165) is 0 Å². The normalized spacial score (nSPS) is 14.5. The zero-order valence-electron chi connectivity index (χ0n) is 14.1. The molecule has 2 aromatic rings. The van der Waals surface area contributed by atoms with Crippen LogP contribution in [0.5, 0.6) is 5.75 Å². The van der Waals surface area contributed by atoms with E-state index in [0.29, 0.717) is 23.9 Å². The number of para-hydroxylation sites is 1. The van der Waals surface area contributed by atoms with Crippen molar-refractivity contribution in [3.8, 4) is 5.75 Å². The van der Waals surface area contributed by atoms with Crippen LogP contribution in [0.1, 0.15) is 10.4 Å². The first-order valence-corrected chi connectivity index (χ1v) is 9.98. The minimum Gasteiger partial charge on any atom is -0.496 e. The third-order valence-corrected chi connectivity index (χ3v) is 6.27. The molecule has 1 N–H and O–H groups in total. The molecule has 3 rings (SSSR count). The Labute approximate surface area is 157 Å². The Morgan fingerprint density at radius 2 is 2.00 bits per heavy atom. The van der Waals surface area contributed by atoms with Gasteiger partial charge in [-0.05, 0) is 30.3 Å². The second-order valence-electron chi connectivity index (χ2n) is 5.98. The molecule has 0 radical (unpaired) electrons. The van der Waals surface area contributed by atoms with Gasteiger partial charge in [0.15, 0.2) is 9.84 Å².